The van der Waals surface area contributed by atoms with Gasteiger partial charge in [0.25, 0.3) is 11.7 Å². The number of phenols is 1. The predicted molar refractivity (Wildman–Crippen MR) is 126 cm³/mol. The van der Waals surface area contributed by atoms with Gasteiger partial charge in [0.15, 0.2) is 0 Å². The summed E-state index contributed by atoms with van der Waals surface area (Å²) in [5.41, 5.74) is 3.40. The minimum atomic E-state index is -0.859. The Morgan fingerprint density at radius 3 is 2.39 bits per heavy atom. The van der Waals surface area contributed by atoms with Crippen LogP contribution in [0.1, 0.15) is 35.2 Å². The standard InChI is InChI=1S/C27H25NO5/c1-4-33-21-7-5-6-19(15-21)25(30)23-24(18-9-11-20(29)12-10-18)28(27(32)26(23)31)22-13-8-16(2)14-17(22)3/h5-15,24,29-30H,4H2,1-3H3/b25-23+. The second-order valence-electron chi connectivity index (χ2n) is 8.01. The highest BCUT2D eigenvalue weighted by atomic mass is 16.5. The molecule has 1 atom stereocenters. The Kier molecular flexibility index (Phi) is 5.92. The van der Waals surface area contributed by atoms with E-state index in [9.17, 15) is 19.8 Å². The molecular formula is C27H25NO5. The molecule has 6 nitrogen and oxygen atoms in total. The molecule has 1 unspecified atom stereocenters. The van der Waals surface area contributed by atoms with E-state index in [0.29, 0.717) is 29.2 Å². The lowest BCUT2D eigenvalue weighted by Crippen LogP contribution is -2.30. The van der Waals surface area contributed by atoms with E-state index >= 15 is 0 Å². The van der Waals surface area contributed by atoms with E-state index in [1.165, 1.54) is 17.0 Å². The van der Waals surface area contributed by atoms with E-state index in [0.717, 1.165) is 11.1 Å². The molecule has 6 heteroatoms. The minimum Gasteiger partial charge on any atom is -0.508 e. The van der Waals surface area contributed by atoms with Crippen LogP contribution in [0, 0.1) is 13.8 Å². The monoisotopic (exact) mass is 443 g/mol. The van der Waals surface area contributed by atoms with Gasteiger partial charge in [0.2, 0.25) is 0 Å². The number of carbonyl (C=O) groups is 2. The molecule has 1 fully saturated rings. The minimum absolute atomic E-state index is 0.0145. The van der Waals surface area contributed by atoms with Crippen LogP contribution in [0.5, 0.6) is 11.5 Å². The summed E-state index contributed by atoms with van der Waals surface area (Å²) in [4.78, 5) is 27.9. The summed E-state index contributed by atoms with van der Waals surface area (Å²) >= 11 is 0. The van der Waals surface area contributed by atoms with Crippen LogP contribution in [-0.2, 0) is 9.59 Å². The summed E-state index contributed by atoms with van der Waals surface area (Å²) < 4.78 is 5.53. The third kappa shape index (κ3) is 4.07. The summed E-state index contributed by atoms with van der Waals surface area (Å²) in [6.07, 6.45) is 0. The van der Waals surface area contributed by atoms with Crippen molar-refractivity contribution in [3.8, 4) is 11.5 Å². The Balaban J connectivity index is 1.94. The Hall–Kier alpha value is -4.06. The fraction of sp³-hybridized carbons (Fsp3) is 0.185. The number of ether oxygens (including phenoxy) is 1. The molecule has 33 heavy (non-hydrogen) atoms. The van der Waals surface area contributed by atoms with Crippen LogP contribution < -0.4 is 9.64 Å². The number of phenolic OH excluding ortho intramolecular Hbond substituents is 1. The lowest BCUT2D eigenvalue weighted by Gasteiger charge is -2.27. The van der Waals surface area contributed by atoms with Gasteiger partial charge in [-0.1, -0.05) is 42.0 Å². The number of Topliss-reactive ketones (excluding diaryl/α,β-unsaturated/α-hetero) is 1. The molecule has 0 aliphatic carbocycles. The summed E-state index contributed by atoms with van der Waals surface area (Å²) in [6, 6.07) is 17.8. The maximum absolute atomic E-state index is 13.3. The smallest absolute Gasteiger partial charge is 0.300 e. The second kappa shape index (κ2) is 8.82. The van der Waals surface area contributed by atoms with Gasteiger partial charge in [-0.15, -0.1) is 0 Å². The van der Waals surface area contributed by atoms with Crippen molar-refractivity contribution in [2.45, 2.75) is 26.8 Å². The topological polar surface area (TPSA) is 87.1 Å². The van der Waals surface area contributed by atoms with Crippen molar-refractivity contribution in [2.24, 2.45) is 0 Å². The predicted octanol–water partition coefficient (Wildman–Crippen LogP) is 5.03. The normalized spacial score (nSPS) is 17.4. The van der Waals surface area contributed by atoms with Crippen LogP contribution in [0.2, 0.25) is 0 Å². The van der Waals surface area contributed by atoms with E-state index in [-0.39, 0.29) is 17.1 Å². The number of amides is 1. The first-order valence-corrected chi connectivity index (χ1v) is 10.7. The maximum atomic E-state index is 13.3. The fourth-order valence-corrected chi connectivity index (χ4v) is 4.18. The first kappa shape index (κ1) is 22.1. The van der Waals surface area contributed by atoms with Gasteiger partial charge in [-0.05, 0) is 62.2 Å². The Labute approximate surface area is 192 Å². The second-order valence-corrected chi connectivity index (χ2v) is 8.01. The van der Waals surface area contributed by atoms with Crippen LogP contribution in [-0.4, -0.2) is 28.5 Å². The molecule has 168 valence electrons. The van der Waals surface area contributed by atoms with Gasteiger partial charge in [0.05, 0.1) is 18.2 Å². The molecule has 2 N–H and O–H groups in total. The van der Waals surface area contributed by atoms with E-state index in [4.69, 9.17) is 4.74 Å². The van der Waals surface area contributed by atoms with Gasteiger partial charge in [-0.3, -0.25) is 14.5 Å². The van der Waals surface area contributed by atoms with Crippen molar-refractivity contribution in [3.63, 3.8) is 0 Å². The van der Waals surface area contributed by atoms with Crippen LogP contribution in [0.3, 0.4) is 0 Å². The Bertz CT molecular complexity index is 1260. The molecule has 0 spiro atoms. The van der Waals surface area contributed by atoms with E-state index in [1.54, 1.807) is 42.5 Å². The zero-order valence-corrected chi connectivity index (χ0v) is 18.7. The molecule has 1 saturated heterocycles. The molecule has 1 heterocycles. The highest BCUT2D eigenvalue weighted by Gasteiger charge is 2.47. The van der Waals surface area contributed by atoms with Gasteiger partial charge < -0.3 is 14.9 Å². The SMILES string of the molecule is CCOc1cccc(/C(O)=C2\C(=O)C(=O)N(c3ccc(C)cc3C)C2c2ccc(O)cc2)c1. The van der Waals surface area contributed by atoms with Gasteiger partial charge in [0, 0.05) is 11.3 Å². The molecule has 0 radical (unpaired) electrons. The van der Waals surface area contributed by atoms with Crippen molar-refractivity contribution in [2.75, 3.05) is 11.5 Å². The number of hydrogen-bond acceptors (Lipinski definition) is 5. The molecule has 0 bridgehead atoms. The number of aliphatic hydroxyl groups is 1. The molecule has 0 aromatic heterocycles. The number of aliphatic hydroxyl groups excluding tert-OH is 1. The van der Waals surface area contributed by atoms with Crippen molar-refractivity contribution in [1.29, 1.82) is 0 Å². The van der Waals surface area contributed by atoms with Crippen LogP contribution >= 0.6 is 0 Å². The highest BCUT2D eigenvalue weighted by Crippen LogP contribution is 2.43. The first-order valence-electron chi connectivity index (χ1n) is 10.7. The molecule has 1 amide bonds. The van der Waals surface area contributed by atoms with Crippen LogP contribution in [0.25, 0.3) is 5.76 Å². The number of rotatable bonds is 5. The Morgan fingerprint density at radius 1 is 1.00 bits per heavy atom. The van der Waals surface area contributed by atoms with E-state index in [2.05, 4.69) is 0 Å². The van der Waals surface area contributed by atoms with Crippen LogP contribution in [0.4, 0.5) is 5.69 Å². The highest BCUT2D eigenvalue weighted by molar-refractivity contribution is 6.51. The quantitative estimate of drug-likeness (QED) is 0.328. The molecular weight excluding hydrogens is 418 g/mol. The molecule has 0 saturated carbocycles. The average molecular weight is 443 g/mol. The number of carbonyl (C=O) groups excluding carboxylic acids is 2. The number of nitrogens with zero attached hydrogens (tertiary/aromatic N) is 1. The molecule has 4 rings (SSSR count). The van der Waals surface area contributed by atoms with Crippen molar-refractivity contribution in [3.05, 3.63) is 94.6 Å². The van der Waals surface area contributed by atoms with Gasteiger partial charge >= 0.3 is 0 Å². The van der Waals surface area contributed by atoms with Crippen molar-refractivity contribution >= 4 is 23.1 Å². The number of anilines is 1. The van der Waals surface area contributed by atoms with Gasteiger partial charge in [-0.25, -0.2) is 0 Å². The fourth-order valence-electron chi connectivity index (χ4n) is 4.18. The largest absolute Gasteiger partial charge is 0.508 e. The maximum Gasteiger partial charge on any atom is 0.300 e. The third-order valence-electron chi connectivity index (χ3n) is 5.68. The zero-order chi connectivity index (χ0) is 23.7. The molecule has 1 aliphatic rings. The summed E-state index contributed by atoms with van der Waals surface area (Å²) in [5.74, 6) is -1.16. The Morgan fingerprint density at radius 2 is 1.73 bits per heavy atom. The third-order valence-corrected chi connectivity index (χ3v) is 5.68. The van der Waals surface area contributed by atoms with Gasteiger partial charge in [0.1, 0.15) is 17.3 Å². The zero-order valence-electron chi connectivity index (χ0n) is 18.7. The molecule has 3 aromatic carbocycles. The number of benzene rings is 3. The molecule has 1 aliphatic heterocycles. The number of hydrogen-bond donors (Lipinski definition) is 2. The summed E-state index contributed by atoms with van der Waals surface area (Å²) in [6.45, 7) is 6.14. The number of ketones is 1. The first-order chi connectivity index (χ1) is 15.8. The number of aryl methyl sites for hydroxylation is 2. The van der Waals surface area contributed by atoms with E-state index < -0.39 is 17.7 Å². The number of aromatic hydroxyl groups is 1. The lowest BCUT2D eigenvalue weighted by molar-refractivity contribution is -0.132. The van der Waals surface area contributed by atoms with E-state index in [1.807, 2.05) is 32.9 Å². The summed E-state index contributed by atoms with van der Waals surface area (Å²) in [7, 11) is 0. The average Bonchev–Trinajstić information content (AvgIpc) is 3.05. The van der Waals surface area contributed by atoms with Crippen LogP contribution in [0.15, 0.2) is 72.3 Å². The summed E-state index contributed by atoms with van der Waals surface area (Å²) in [5, 5.41) is 21.0. The lowest BCUT2D eigenvalue weighted by atomic mass is 9.94. The van der Waals surface area contributed by atoms with Crippen molar-refractivity contribution < 1.29 is 24.5 Å². The van der Waals surface area contributed by atoms with Gasteiger partial charge in [-0.2, -0.15) is 0 Å². The van der Waals surface area contributed by atoms with Crippen molar-refractivity contribution in [1.82, 2.24) is 0 Å². The molecule has 3 aromatic rings.